The maximum atomic E-state index is 11.8. The molecule has 0 aromatic rings. The Hall–Kier alpha value is -0.900. The van der Waals surface area contributed by atoms with Gasteiger partial charge >= 0.3 is 6.61 Å². The highest BCUT2D eigenvalue weighted by atomic mass is 19.3. The van der Waals surface area contributed by atoms with E-state index in [4.69, 9.17) is 5.73 Å². The molecule has 1 rings (SSSR count). The third kappa shape index (κ3) is 2.04. The zero-order valence-electron chi connectivity index (χ0n) is 6.76. The molecular weight excluding hydrogens is 164 g/mol. The monoisotopic (exact) mass is 175 g/mol. The predicted molar refractivity (Wildman–Crippen MR) is 41.5 cm³/mol. The first-order valence-corrected chi connectivity index (χ1v) is 3.63. The van der Waals surface area contributed by atoms with Gasteiger partial charge in [-0.25, -0.2) is 0 Å². The molecule has 0 aromatic carbocycles. The Balaban J connectivity index is 2.71. The Bertz CT molecular complexity index is 221. The highest BCUT2D eigenvalue weighted by Gasteiger charge is 2.27. The topological polar surface area (TPSA) is 35.2 Å². The van der Waals surface area contributed by atoms with E-state index in [1.54, 1.807) is 13.0 Å². The summed E-state index contributed by atoms with van der Waals surface area (Å²) < 4.78 is 27.9. The zero-order valence-corrected chi connectivity index (χ0v) is 6.76. The van der Waals surface area contributed by atoms with Crippen molar-refractivity contribution in [3.05, 3.63) is 24.0 Å². The lowest BCUT2D eigenvalue weighted by molar-refractivity contribution is -0.105. The summed E-state index contributed by atoms with van der Waals surface area (Å²) in [6.07, 6.45) is 5.46. The van der Waals surface area contributed by atoms with Gasteiger partial charge in [0.05, 0.1) is 5.54 Å². The molecule has 0 radical (unpaired) electrons. The number of halogens is 2. The van der Waals surface area contributed by atoms with Crippen LogP contribution in [0.4, 0.5) is 8.78 Å². The van der Waals surface area contributed by atoms with Crippen molar-refractivity contribution in [3.63, 3.8) is 0 Å². The van der Waals surface area contributed by atoms with E-state index in [1.165, 1.54) is 6.08 Å². The molecule has 2 nitrogen and oxygen atoms in total. The third-order valence-electron chi connectivity index (χ3n) is 1.70. The number of rotatable bonds is 2. The smallest absolute Gasteiger partial charge is 0.387 e. The van der Waals surface area contributed by atoms with Crippen LogP contribution in [0.1, 0.15) is 13.3 Å². The van der Waals surface area contributed by atoms with E-state index in [0.29, 0.717) is 6.42 Å². The van der Waals surface area contributed by atoms with Gasteiger partial charge in [0, 0.05) is 0 Å². The average Bonchev–Trinajstić information content (AvgIpc) is 1.92. The van der Waals surface area contributed by atoms with E-state index < -0.39 is 12.2 Å². The molecule has 68 valence electrons. The first-order valence-electron chi connectivity index (χ1n) is 3.63. The number of allylic oxidation sites excluding steroid dienone is 2. The molecule has 0 spiro atoms. The van der Waals surface area contributed by atoms with E-state index >= 15 is 0 Å². The van der Waals surface area contributed by atoms with Gasteiger partial charge < -0.3 is 10.5 Å². The first kappa shape index (κ1) is 9.19. The Morgan fingerprint density at radius 2 is 2.33 bits per heavy atom. The second-order valence-corrected chi connectivity index (χ2v) is 2.96. The van der Waals surface area contributed by atoms with Crippen LogP contribution in [0.15, 0.2) is 24.0 Å². The molecule has 0 aromatic heterocycles. The summed E-state index contributed by atoms with van der Waals surface area (Å²) >= 11 is 0. The summed E-state index contributed by atoms with van der Waals surface area (Å²) in [6, 6.07) is 0. The highest BCUT2D eigenvalue weighted by molar-refractivity contribution is 5.24. The van der Waals surface area contributed by atoms with Crippen molar-refractivity contribution in [2.75, 3.05) is 0 Å². The minimum absolute atomic E-state index is 0.139. The average molecular weight is 175 g/mol. The number of alkyl halides is 2. The lowest BCUT2D eigenvalue weighted by atomic mass is 9.93. The Kier molecular flexibility index (Phi) is 2.47. The van der Waals surface area contributed by atoms with Crippen LogP contribution < -0.4 is 5.73 Å². The molecule has 1 aliphatic rings. The van der Waals surface area contributed by atoms with Gasteiger partial charge in [-0.15, -0.1) is 0 Å². The summed E-state index contributed by atoms with van der Waals surface area (Å²) in [4.78, 5) is 0. The van der Waals surface area contributed by atoms with E-state index in [2.05, 4.69) is 4.74 Å². The second kappa shape index (κ2) is 3.23. The fraction of sp³-hybridized carbons (Fsp3) is 0.500. The number of hydrogen-bond acceptors (Lipinski definition) is 2. The van der Waals surface area contributed by atoms with Gasteiger partial charge in [0.1, 0.15) is 5.76 Å². The molecule has 0 fully saturated rings. The maximum Gasteiger partial charge on any atom is 0.387 e. The van der Waals surface area contributed by atoms with Crippen molar-refractivity contribution in [2.24, 2.45) is 5.73 Å². The summed E-state index contributed by atoms with van der Waals surface area (Å²) in [5, 5.41) is 0. The third-order valence-corrected chi connectivity index (χ3v) is 1.70. The number of hydrogen-bond donors (Lipinski definition) is 1. The van der Waals surface area contributed by atoms with Gasteiger partial charge in [-0.05, 0) is 19.4 Å². The Morgan fingerprint density at radius 1 is 1.67 bits per heavy atom. The molecular formula is C8H11F2NO. The highest BCUT2D eigenvalue weighted by Crippen LogP contribution is 2.24. The molecule has 2 N–H and O–H groups in total. The van der Waals surface area contributed by atoms with Crippen molar-refractivity contribution in [1.29, 1.82) is 0 Å². The van der Waals surface area contributed by atoms with Gasteiger partial charge in [-0.2, -0.15) is 8.78 Å². The fourth-order valence-corrected chi connectivity index (χ4v) is 1.03. The van der Waals surface area contributed by atoms with E-state index in [9.17, 15) is 8.78 Å². The van der Waals surface area contributed by atoms with E-state index in [0.717, 1.165) is 0 Å². The fourth-order valence-electron chi connectivity index (χ4n) is 1.03. The molecule has 0 aliphatic heterocycles. The standard InChI is InChI=1S/C8H11F2NO/c1-8(11)5-3-2-4-6(8)12-7(9)10/h2-4,7H,5,11H2,1H3. The van der Waals surface area contributed by atoms with Gasteiger partial charge in [0.15, 0.2) is 0 Å². The van der Waals surface area contributed by atoms with Gasteiger partial charge in [-0.1, -0.05) is 12.2 Å². The van der Waals surface area contributed by atoms with Crippen molar-refractivity contribution in [1.82, 2.24) is 0 Å². The largest absolute Gasteiger partial charge is 0.437 e. The molecule has 1 unspecified atom stereocenters. The minimum atomic E-state index is -2.80. The molecule has 0 saturated carbocycles. The van der Waals surface area contributed by atoms with Crippen LogP contribution in [-0.2, 0) is 4.74 Å². The number of ether oxygens (including phenoxy) is 1. The lowest BCUT2D eigenvalue weighted by Gasteiger charge is -2.27. The Morgan fingerprint density at radius 3 is 2.83 bits per heavy atom. The molecule has 1 atom stereocenters. The molecule has 12 heavy (non-hydrogen) atoms. The van der Waals surface area contributed by atoms with Gasteiger partial charge in [0.2, 0.25) is 0 Å². The number of nitrogens with two attached hydrogens (primary N) is 1. The van der Waals surface area contributed by atoms with Crippen molar-refractivity contribution in [3.8, 4) is 0 Å². The van der Waals surface area contributed by atoms with Crippen LogP contribution in [0.25, 0.3) is 0 Å². The van der Waals surface area contributed by atoms with Crippen molar-refractivity contribution >= 4 is 0 Å². The second-order valence-electron chi connectivity index (χ2n) is 2.96. The van der Waals surface area contributed by atoms with Crippen LogP contribution in [0.2, 0.25) is 0 Å². The summed E-state index contributed by atoms with van der Waals surface area (Å²) in [5.74, 6) is 0.139. The SMILES string of the molecule is CC1(N)CC=CC=C1OC(F)F. The quantitative estimate of drug-likeness (QED) is 0.694. The summed E-state index contributed by atoms with van der Waals surface area (Å²) in [7, 11) is 0. The van der Waals surface area contributed by atoms with Crippen LogP contribution in [0, 0.1) is 0 Å². The van der Waals surface area contributed by atoms with Crippen LogP contribution in [0.3, 0.4) is 0 Å². The van der Waals surface area contributed by atoms with Gasteiger partial charge in [0.25, 0.3) is 0 Å². The molecule has 4 heteroatoms. The molecule has 1 aliphatic carbocycles. The Labute approximate surface area is 69.7 Å². The van der Waals surface area contributed by atoms with Crippen LogP contribution in [-0.4, -0.2) is 12.2 Å². The summed E-state index contributed by atoms with van der Waals surface area (Å²) in [6.45, 7) is -1.14. The molecule has 0 bridgehead atoms. The van der Waals surface area contributed by atoms with Crippen LogP contribution >= 0.6 is 0 Å². The predicted octanol–water partition coefficient (Wildman–Crippen LogP) is 1.79. The molecule has 0 saturated heterocycles. The minimum Gasteiger partial charge on any atom is -0.437 e. The van der Waals surface area contributed by atoms with Crippen LogP contribution in [0.5, 0.6) is 0 Å². The van der Waals surface area contributed by atoms with E-state index in [-0.39, 0.29) is 5.76 Å². The summed E-state index contributed by atoms with van der Waals surface area (Å²) in [5.41, 5.74) is 4.89. The molecule has 0 heterocycles. The normalized spacial score (nSPS) is 28.9. The van der Waals surface area contributed by atoms with Crippen molar-refractivity contribution < 1.29 is 13.5 Å². The van der Waals surface area contributed by atoms with Crippen molar-refractivity contribution in [2.45, 2.75) is 25.5 Å². The molecule has 0 amide bonds. The zero-order chi connectivity index (χ0) is 9.19. The van der Waals surface area contributed by atoms with E-state index in [1.807, 2.05) is 6.08 Å². The first-order chi connectivity index (χ1) is 5.52. The lowest BCUT2D eigenvalue weighted by Crippen LogP contribution is -2.40. The van der Waals surface area contributed by atoms with Gasteiger partial charge in [-0.3, -0.25) is 0 Å². The maximum absolute atomic E-state index is 11.8.